The van der Waals surface area contributed by atoms with Gasteiger partial charge in [0.25, 0.3) is 0 Å². The van der Waals surface area contributed by atoms with E-state index in [-0.39, 0.29) is 5.91 Å². The molecule has 0 aliphatic rings. The van der Waals surface area contributed by atoms with Crippen LogP contribution in [0.4, 0.5) is 0 Å². The maximum absolute atomic E-state index is 12.0. The number of hydrogen-bond acceptors (Lipinski definition) is 5. The second-order valence-corrected chi connectivity index (χ2v) is 5.84. The first-order chi connectivity index (χ1) is 11.3. The van der Waals surface area contributed by atoms with Crippen molar-refractivity contribution >= 4 is 17.2 Å². The van der Waals surface area contributed by atoms with E-state index in [1.807, 2.05) is 35.7 Å². The van der Waals surface area contributed by atoms with E-state index < -0.39 is 0 Å². The number of carbonyl (C=O) groups excluding carboxylic acids is 1. The lowest BCUT2D eigenvalue weighted by molar-refractivity contribution is -0.120. The average Bonchev–Trinajstić information content (AvgIpc) is 3.05. The van der Waals surface area contributed by atoms with Crippen LogP contribution < -0.4 is 5.32 Å². The van der Waals surface area contributed by atoms with Gasteiger partial charge in [0, 0.05) is 48.2 Å². The van der Waals surface area contributed by atoms with Gasteiger partial charge in [-0.2, -0.15) is 0 Å². The van der Waals surface area contributed by atoms with Crippen molar-refractivity contribution in [1.82, 2.24) is 20.3 Å². The Bertz CT molecular complexity index is 759. The van der Waals surface area contributed by atoms with Gasteiger partial charge in [-0.15, -0.1) is 11.3 Å². The zero-order chi connectivity index (χ0) is 15.9. The molecule has 0 fully saturated rings. The summed E-state index contributed by atoms with van der Waals surface area (Å²) >= 11 is 1.52. The summed E-state index contributed by atoms with van der Waals surface area (Å²) in [4.78, 5) is 24.8. The summed E-state index contributed by atoms with van der Waals surface area (Å²) in [6, 6.07) is 9.61. The van der Waals surface area contributed by atoms with E-state index >= 15 is 0 Å². The van der Waals surface area contributed by atoms with E-state index in [0.29, 0.717) is 13.0 Å². The van der Waals surface area contributed by atoms with Gasteiger partial charge < -0.3 is 5.32 Å². The normalized spacial score (nSPS) is 10.4. The SMILES string of the molecule is O=C(Cc1csc(-c2cccnc2)n1)NCCc1ccccn1. The van der Waals surface area contributed by atoms with Crippen molar-refractivity contribution < 1.29 is 4.79 Å². The minimum Gasteiger partial charge on any atom is -0.355 e. The predicted molar refractivity (Wildman–Crippen MR) is 90.0 cm³/mol. The topological polar surface area (TPSA) is 67.8 Å². The van der Waals surface area contributed by atoms with Crippen LogP contribution in [-0.4, -0.2) is 27.4 Å². The van der Waals surface area contributed by atoms with Crippen molar-refractivity contribution in [3.63, 3.8) is 0 Å². The van der Waals surface area contributed by atoms with Gasteiger partial charge in [-0.1, -0.05) is 6.07 Å². The molecule has 0 unspecified atom stereocenters. The van der Waals surface area contributed by atoms with E-state index in [9.17, 15) is 4.79 Å². The molecule has 3 aromatic rings. The Hall–Kier alpha value is -2.60. The Labute approximate surface area is 138 Å². The summed E-state index contributed by atoms with van der Waals surface area (Å²) in [6.45, 7) is 0.579. The van der Waals surface area contributed by atoms with Crippen LogP contribution in [0.2, 0.25) is 0 Å². The van der Waals surface area contributed by atoms with Crippen molar-refractivity contribution in [3.05, 3.63) is 65.7 Å². The average molecular weight is 324 g/mol. The van der Waals surface area contributed by atoms with Gasteiger partial charge >= 0.3 is 0 Å². The Kier molecular flexibility index (Phi) is 5.06. The molecule has 23 heavy (non-hydrogen) atoms. The molecule has 3 rings (SSSR count). The summed E-state index contributed by atoms with van der Waals surface area (Å²) in [5.74, 6) is -0.0241. The van der Waals surface area contributed by atoms with Gasteiger partial charge in [0.05, 0.1) is 12.1 Å². The highest BCUT2D eigenvalue weighted by atomic mass is 32.1. The number of thiazole rings is 1. The van der Waals surface area contributed by atoms with E-state index in [1.165, 1.54) is 11.3 Å². The van der Waals surface area contributed by atoms with Gasteiger partial charge in [0.1, 0.15) is 5.01 Å². The molecule has 0 aliphatic heterocycles. The molecule has 1 amide bonds. The number of pyridine rings is 2. The quantitative estimate of drug-likeness (QED) is 0.756. The first-order valence-electron chi connectivity index (χ1n) is 7.32. The molecule has 0 atom stereocenters. The van der Waals surface area contributed by atoms with Gasteiger partial charge in [-0.25, -0.2) is 4.98 Å². The third kappa shape index (κ3) is 4.43. The minimum atomic E-state index is -0.0241. The molecule has 3 heterocycles. The third-order valence-corrected chi connectivity index (χ3v) is 4.17. The van der Waals surface area contributed by atoms with Crippen LogP contribution in [0.5, 0.6) is 0 Å². The van der Waals surface area contributed by atoms with E-state index in [2.05, 4.69) is 20.3 Å². The van der Waals surface area contributed by atoms with Gasteiger partial charge in [0.15, 0.2) is 0 Å². The van der Waals surface area contributed by atoms with Crippen LogP contribution in [0.25, 0.3) is 10.6 Å². The smallest absolute Gasteiger partial charge is 0.226 e. The number of hydrogen-bond donors (Lipinski definition) is 1. The molecule has 0 spiro atoms. The minimum absolute atomic E-state index is 0.0241. The lowest BCUT2D eigenvalue weighted by atomic mass is 10.2. The van der Waals surface area contributed by atoms with Crippen molar-refractivity contribution in [1.29, 1.82) is 0 Å². The number of aromatic nitrogens is 3. The lowest BCUT2D eigenvalue weighted by Crippen LogP contribution is -2.27. The van der Waals surface area contributed by atoms with Crippen molar-refractivity contribution in [2.75, 3.05) is 6.54 Å². The molecule has 0 saturated heterocycles. The molecule has 0 radical (unpaired) electrons. The standard InChI is InChI=1S/C17H16N4OS/c22-16(20-9-6-14-5-1-2-8-19-14)10-15-12-23-17(21-15)13-4-3-7-18-11-13/h1-5,7-8,11-12H,6,9-10H2,(H,20,22). The Morgan fingerprint density at radius 1 is 1.13 bits per heavy atom. The molecule has 5 nitrogen and oxygen atoms in total. The number of nitrogens with zero attached hydrogens (tertiary/aromatic N) is 3. The van der Waals surface area contributed by atoms with Crippen LogP contribution in [0.3, 0.4) is 0 Å². The van der Waals surface area contributed by atoms with Crippen LogP contribution in [0, 0.1) is 0 Å². The van der Waals surface area contributed by atoms with Crippen LogP contribution in [-0.2, 0) is 17.6 Å². The summed E-state index contributed by atoms with van der Waals surface area (Å²) in [6.07, 6.45) is 6.28. The molecule has 6 heteroatoms. The van der Waals surface area contributed by atoms with Crippen molar-refractivity contribution in [2.24, 2.45) is 0 Å². The molecule has 0 saturated carbocycles. The van der Waals surface area contributed by atoms with Crippen LogP contribution >= 0.6 is 11.3 Å². The maximum Gasteiger partial charge on any atom is 0.226 e. The summed E-state index contributed by atoms with van der Waals surface area (Å²) in [7, 11) is 0. The third-order valence-electron chi connectivity index (χ3n) is 3.23. The maximum atomic E-state index is 12.0. The summed E-state index contributed by atoms with van der Waals surface area (Å²) in [5.41, 5.74) is 2.73. The Morgan fingerprint density at radius 3 is 2.87 bits per heavy atom. The fraction of sp³-hybridized carbons (Fsp3) is 0.176. The lowest BCUT2D eigenvalue weighted by Gasteiger charge is -2.03. The molecule has 1 N–H and O–H groups in total. The Balaban J connectivity index is 1.49. The van der Waals surface area contributed by atoms with Crippen molar-refractivity contribution in [2.45, 2.75) is 12.8 Å². The molecule has 0 bridgehead atoms. The monoisotopic (exact) mass is 324 g/mol. The number of rotatable bonds is 6. The summed E-state index contributed by atoms with van der Waals surface area (Å²) in [5, 5.41) is 5.70. The van der Waals surface area contributed by atoms with Crippen LogP contribution in [0.15, 0.2) is 54.3 Å². The first-order valence-corrected chi connectivity index (χ1v) is 8.20. The molecule has 3 aromatic heterocycles. The zero-order valence-electron chi connectivity index (χ0n) is 12.5. The van der Waals surface area contributed by atoms with E-state index in [4.69, 9.17) is 0 Å². The molecular weight excluding hydrogens is 308 g/mol. The second kappa shape index (κ2) is 7.60. The first kappa shape index (κ1) is 15.3. The summed E-state index contributed by atoms with van der Waals surface area (Å²) < 4.78 is 0. The number of amides is 1. The molecular formula is C17H16N4OS. The number of carbonyl (C=O) groups is 1. The van der Waals surface area contributed by atoms with Gasteiger partial charge in [0.2, 0.25) is 5.91 Å². The van der Waals surface area contributed by atoms with E-state index in [1.54, 1.807) is 18.6 Å². The second-order valence-electron chi connectivity index (χ2n) is 4.98. The molecule has 0 aromatic carbocycles. The fourth-order valence-corrected chi connectivity index (χ4v) is 2.92. The number of nitrogens with one attached hydrogen (secondary N) is 1. The molecule has 116 valence electrons. The van der Waals surface area contributed by atoms with Crippen LogP contribution in [0.1, 0.15) is 11.4 Å². The van der Waals surface area contributed by atoms with E-state index in [0.717, 1.165) is 28.4 Å². The highest BCUT2D eigenvalue weighted by Gasteiger charge is 2.09. The van der Waals surface area contributed by atoms with Gasteiger partial charge in [-0.05, 0) is 24.3 Å². The predicted octanol–water partition coefficient (Wildman–Crippen LogP) is 2.50. The Morgan fingerprint density at radius 2 is 2.09 bits per heavy atom. The van der Waals surface area contributed by atoms with Crippen molar-refractivity contribution in [3.8, 4) is 10.6 Å². The largest absolute Gasteiger partial charge is 0.355 e. The molecule has 0 aliphatic carbocycles. The van der Waals surface area contributed by atoms with Gasteiger partial charge in [-0.3, -0.25) is 14.8 Å². The zero-order valence-corrected chi connectivity index (χ0v) is 13.3. The highest BCUT2D eigenvalue weighted by Crippen LogP contribution is 2.22. The highest BCUT2D eigenvalue weighted by molar-refractivity contribution is 7.13. The fourth-order valence-electron chi connectivity index (χ4n) is 2.11.